The molecule has 2 N–H and O–H groups in total. The van der Waals surface area contributed by atoms with Crippen molar-refractivity contribution in [3.63, 3.8) is 0 Å². The molecule has 0 radical (unpaired) electrons. The van der Waals surface area contributed by atoms with Gasteiger partial charge >= 0.3 is 6.18 Å². The second-order valence-corrected chi connectivity index (χ2v) is 4.27. The third-order valence-electron chi connectivity index (χ3n) is 2.40. The summed E-state index contributed by atoms with van der Waals surface area (Å²) in [5.74, 6) is -0.388. The van der Waals surface area contributed by atoms with E-state index in [2.05, 4.69) is 20.7 Å². The predicted octanol–water partition coefficient (Wildman–Crippen LogP) is 2.50. The molecule has 1 aromatic rings. The van der Waals surface area contributed by atoms with Gasteiger partial charge in [0.1, 0.15) is 11.9 Å². The zero-order valence-corrected chi connectivity index (χ0v) is 11.0. The number of hydrogen-bond acceptors (Lipinski definition) is 3. The fourth-order valence-corrected chi connectivity index (χ4v) is 1.79. The second-order valence-electron chi connectivity index (χ2n) is 3.62. The Labute approximate surface area is 110 Å². The van der Waals surface area contributed by atoms with Crippen molar-refractivity contribution in [1.29, 1.82) is 0 Å². The van der Waals surface area contributed by atoms with Crippen LogP contribution in [0, 0.1) is 0 Å². The van der Waals surface area contributed by atoms with E-state index in [0.29, 0.717) is 0 Å². The Morgan fingerprint density at radius 3 is 2.39 bits per heavy atom. The van der Waals surface area contributed by atoms with Crippen molar-refractivity contribution in [1.82, 2.24) is 0 Å². The van der Waals surface area contributed by atoms with Gasteiger partial charge in [0.15, 0.2) is 0 Å². The molecule has 0 saturated heterocycles. The molecule has 0 aliphatic heterocycles. The van der Waals surface area contributed by atoms with E-state index in [0.717, 1.165) is 25.3 Å². The van der Waals surface area contributed by atoms with Crippen LogP contribution in [0.15, 0.2) is 18.2 Å². The molecule has 7 heteroatoms. The molecule has 0 fully saturated rings. The molecule has 1 aromatic carbocycles. The number of halogens is 4. The van der Waals surface area contributed by atoms with Gasteiger partial charge in [-0.05, 0) is 17.7 Å². The van der Waals surface area contributed by atoms with Crippen LogP contribution in [0.5, 0.6) is 5.75 Å². The Morgan fingerprint density at radius 1 is 1.33 bits per heavy atom. The number of benzene rings is 1. The van der Waals surface area contributed by atoms with Crippen molar-refractivity contribution in [2.75, 3.05) is 12.4 Å². The van der Waals surface area contributed by atoms with Crippen molar-refractivity contribution in [3.8, 4) is 5.75 Å². The van der Waals surface area contributed by atoms with E-state index >= 15 is 0 Å². The minimum absolute atomic E-state index is 0.109. The number of aliphatic hydroxyl groups excluding tert-OH is 2. The quantitative estimate of drug-likeness (QED) is 0.835. The highest BCUT2D eigenvalue weighted by molar-refractivity contribution is 9.09. The van der Waals surface area contributed by atoms with Gasteiger partial charge in [-0.1, -0.05) is 22.0 Å². The zero-order valence-electron chi connectivity index (χ0n) is 9.41. The van der Waals surface area contributed by atoms with Gasteiger partial charge in [0, 0.05) is 5.33 Å². The summed E-state index contributed by atoms with van der Waals surface area (Å²) in [4.78, 5) is 0. The molecule has 0 spiro atoms. The molecule has 0 aliphatic carbocycles. The first-order valence-electron chi connectivity index (χ1n) is 4.98. The monoisotopic (exact) mass is 328 g/mol. The van der Waals surface area contributed by atoms with Crippen molar-refractivity contribution in [2.45, 2.75) is 18.4 Å². The van der Waals surface area contributed by atoms with Crippen molar-refractivity contribution in [3.05, 3.63) is 29.3 Å². The van der Waals surface area contributed by atoms with Gasteiger partial charge < -0.3 is 14.9 Å². The lowest BCUT2D eigenvalue weighted by molar-refractivity contribution is -0.138. The summed E-state index contributed by atoms with van der Waals surface area (Å²) in [5, 5.41) is 19.2. The first-order chi connectivity index (χ1) is 8.31. The van der Waals surface area contributed by atoms with Gasteiger partial charge in [-0.3, -0.25) is 0 Å². The molecule has 0 amide bonds. The number of rotatable bonds is 4. The SMILES string of the molecule is COc1cc(C(O)C(O)CBr)ccc1C(F)(F)F. The minimum atomic E-state index is -4.52. The molecule has 2 atom stereocenters. The largest absolute Gasteiger partial charge is 0.496 e. The van der Waals surface area contributed by atoms with Crippen molar-refractivity contribution < 1.29 is 28.1 Å². The predicted molar refractivity (Wildman–Crippen MR) is 62.8 cm³/mol. The Balaban J connectivity index is 3.13. The lowest BCUT2D eigenvalue weighted by Crippen LogP contribution is -2.20. The standard InChI is InChI=1S/C11H12BrF3O3/c1-18-9-4-6(10(17)8(16)5-12)2-3-7(9)11(13,14)15/h2-4,8,10,16-17H,5H2,1H3. The number of methoxy groups -OCH3 is 1. The van der Waals surface area contributed by atoms with Gasteiger partial charge in [-0.15, -0.1) is 0 Å². The van der Waals surface area contributed by atoms with E-state index in [1.165, 1.54) is 0 Å². The van der Waals surface area contributed by atoms with E-state index in [-0.39, 0.29) is 16.6 Å². The number of aliphatic hydroxyl groups is 2. The van der Waals surface area contributed by atoms with E-state index < -0.39 is 23.9 Å². The number of alkyl halides is 4. The highest BCUT2D eigenvalue weighted by Gasteiger charge is 2.34. The molecule has 0 aliphatic rings. The van der Waals surface area contributed by atoms with Gasteiger partial charge in [0.05, 0.1) is 18.8 Å². The normalized spacial score (nSPS) is 15.3. The summed E-state index contributed by atoms with van der Waals surface area (Å²) < 4.78 is 42.4. The molecule has 0 bridgehead atoms. The van der Waals surface area contributed by atoms with Crippen LogP contribution in [0.2, 0.25) is 0 Å². The Kier molecular flexibility index (Phi) is 5.01. The molecule has 3 nitrogen and oxygen atoms in total. The van der Waals surface area contributed by atoms with Crippen LogP contribution < -0.4 is 4.74 Å². The van der Waals surface area contributed by atoms with Crippen LogP contribution in [-0.4, -0.2) is 28.8 Å². The fraction of sp³-hybridized carbons (Fsp3) is 0.455. The van der Waals surface area contributed by atoms with Gasteiger partial charge in [-0.2, -0.15) is 13.2 Å². The first kappa shape index (κ1) is 15.3. The smallest absolute Gasteiger partial charge is 0.419 e. The summed E-state index contributed by atoms with van der Waals surface area (Å²) in [6, 6.07) is 3.00. The van der Waals surface area contributed by atoms with Crippen LogP contribution in [0.25, 0.3) is 0 Å². The topological polar surface area (TPSA) is 49.7 Å². The summed E-state index contributed by atoms with van der Waals surface area (Å²) in [5.41, 5.74) is -0.763. The molecule has 2 unspecified atom stereocenters. The average molecular weight is 329 g/mol. The van der Waals surface area contributed by atoms with Crippen molar-refractivity contribution >= 4 is 15.9 Å². The van der Waals surface area contributed by atoms with Crippen LogP contribution in [0.1, 0.15) is 17.2 Å². The summed E-state index contributed by atoms with van der Waals surface area (Å²) in [6.07, 6.45) is -6.91. The van der Waals surface area contributed by atoms with Crippen LogP contribution in [0.4, 0.5) is 13.2 Å². The molecule has 0 aromatic heterocycles. The highest BCUT2D eigenvalue weighted by Crippen LogP contribution is 2.37. The number of ether oxygens (including phenoxy) is 1. The van der Waals surface area contributed by atoms with Gasteiger partial charge in [0.25, 0.3) is 0 Å². The molecule has 0 saturated carbocycles. The Hall–Kier alpha value is -0.790. The molecular weight excluding hydrogens is 317 g/mol. The Morgan fingerprint density at radius 2 is 1.94 bits per heavy atom. The van der Waals surface area contributed by atoms with Crippen molar-refractivity contribution in [2.24, 2.45) is 0 Å². The third kappa shape index (κ3) is 3.37. The van der Waals surface area contributed by atoms with E-state index in [9.17, 15) is 23.4 Å². The van der Waals surface area contributed by atoms with Gasteiger partial charge in [-0.25, -0.2) is 0 Å². The molecule has 0 heterocycles. The highest BCUT2D eigenvalue weighted by atomic mass is 79.9. The maximum absolute atomic E-state index is 12.6. The van der Waals surface area contributed by atoms with Crippen LogP contribution in [0.3, 0.4) is 0 Å². The molecule has 18 heavy (non-hydrogen) atoms. The summed E-state index contributed by atoms with van der Waals surface area (Å²) >= 11 is 2.97. The van der Waals surface area contributed by atoms with E-state index in [1.54, 1.807) is 0 Å². The van der Waals surface area contributed by atoms with Gasteiger partial charge in [0.2, 0.25) is 0 Å². The zero-order chi connectivity index (χ0) is 13.9. The molecular formula is C11H12BrF3O3. The first-order valence-corrected chi connectivity index (χ1v) is 6.10. The third-order valence-corrected chi connectivity index (χ3v) is 3.06. The van der Waals surface area contributed by atoms with Crippen LogP contribution in [-0.2, 0) is 6.18 Å². The average Bonchev–Trinajstić information content (AvgIpc) is 2.34. The fourth-order valence-electron chi connectivity index (χ4n) is 1.43. The van der Waals surface area contributed by atoms with Crippen LogP contribution >= 0.6 is 15.9 Å². The van der Waals surface area contributed by atoms with E-state index in [4.69, 9.17) is 0 Å². The Bertz CT molecular complexity index is 409. The second kappa shape index (κ2) is 5.90. The van der Waals surface area contributed by atoms with E-state index in [1.807, 2.05) is 0 Å². The minimum Gasteiger partial charge on any atom is -0.496 e. The molecule has 102 valence electrons. The molecule has 1 rings (SSSR count). The summed E-state index contributed by atoms with van der Waals surface area (Å²) in [7, 11) is 1.11. The maximum atomic E-state index is 12.6. The lowest BCUT2D eigenvalue weighted by atomic mass is 10.0. The maximum Gasteiger partial charge on any atom is 0.419 e. The number of hydrogen-bond donors (Lipinski definition) is 2. The lowest BCUT2D eigenvalue weighted by Gasteiger charge is -2.18. The summed E-state index contributed by atoms with van der Waals surface area (Å²) in [6.45, 7) is 0.